The first-order valence-corrected chi connectivity index (χ1v) is 17.0. The third-order valence-electron chi connectivity index (χ3n) is 6.89. The molecule has 0 saturated carbocycles. The number of rotatable bonds is 22. The molecule has 0 amide bonds. The summed E-state index contributed by atoms with van der Waals surface area (Å²) in [6.07, 6.45) is 9.44. The van der Waals surface area contributed by atoms with E-state index in [0.717, 1.165) is 74.3 Å². The van der Waals surface area contributed by atoms with Crippen molar-refractivity contribution in [3.63, 3.8) is 0 Å². The highest BCUT2D eigenvalue weighted by atomic mass is 32.2. The van der Waals surface area contributed by atoms with Gasteiger partial charge in [-0.25, -0.2) is 4.98 Å². The van der Waals surface area contributed by atoms with Gasteiger partial charge in [-0.15, -0.1) is 11.3 Å². The topological polar surface area (TPSA) is 161 Å². The Morgan fingerprint density at radius 2 is 1.82 bits per heavy atom. The molecule has 0 radical (unpaired) electrons. The quantitative estimate of drug-likeness (QED) is 0.0386. The van der Waals surface area contributed by atoms with E-state index >= 15 is 0 Å². The molecule has 1 atom stereocenters. The van der Waals surface area contributed by atoms with Crippen molar-refractivity contribution in [2.45, 2.75) is 50.2 Å². The third kappa shape index (κ3) is 14.2. The Morgan fingerprint density at radius 1 is 1.07 bits per heavy atom. The third-order valence-corrected chi connectivity index (χ3v) is 8.66. The molecule has 3 aromatic rings. The van der Waals surface area contributed by atoms with Crippen molar-refractivity contribution in [1.29, 1.82) is 0 Å². The van der Waals surface area contributed by atoms with Crippen molar-refractivity contribution in [2.24, 2.45) is 16.5 Å². The fraction of sp³-hybridized carbons (Fsp3) is 0.452. The molecule has 0 spiro atoms. The zero-order chi connectivity index (χ0) is 31.4. The van der Waals surface area contributed by atoms with Gasteiger partial charge in [0.15, 0.2) is 11.8 Å². The number of unbranched alkanes of at least 4 members (excludes halogenated alkanes) is 4. The summed E-state index contributed by atoms with van der Waals surface area (Å²) >= 11 is 3.07. The summed E-state index contributed by atoms with van der Waals surface area (Å²) < 4.78 is 0. The van der Waals surface area contributed by atoms with Crippen LogP contribution in [0.5, 0.6) is 0 Å². The Kier molecular flexibility index (Phi) is 16.1. The second kappa shape index (κ2) is 20.3. The van der Waals surface area contributed by atoms with Crippen LogP contribution in [-0.2, 0) is 5.75 Å². The summed E-state index contributed by atoms with van der Waals surface area (Å²) in [4.78, 5) is 26.0. The van der Waals surface area contributed by atoms with Gasteiger partial charge in [-0.1, -0.05) is 55.7 Å². The maximum Gasteiger partial charge on any atom is 0.274 e. The summed E-state index contributed by atoms with van der Waals surface area (Å²) in [7, 11) is 2.20. The Morgan fingerprint density at radius 3 is 2.57 bits per heavy atom. The van der Waals surface area contributed by atoms with Crippen molar-refractivity contribution in [3.05, 3.63) is 99.2 Å². The van der Waals surface area contributed by atoms with E-state index in [2.05, 4.69) is 80.0 Å². The lowest BCUT2D eigenvalue weighted by Gasteiger charge is -2.22. The van der Waals surface area contributed by atoms with Gasteiger partial charge in [0.25, 0.3) is 6.20 Å². The van der Waals surface area contributed by atoms with Gasteiger partial charge in [0.05, 0.1) is 10.6 Å². The molecule has 1 aromatic carbocycles. The summed E-state index contributed by atoms with van der Waals surface area (Å²) in [6, 6.07) is 16.8. The number of benzene rings is 1. The molecule has 1 unspecified atom stereocenters. The number of nitrogens with two attached hydrogens (primary N) is 2. The van der Waals surface area contributed by atoms with Gasteiger partial charge in [0.1, 0.15) is 0 Å². The first-order valence-electron chi connectivity index (χ1n) is 15.0. The van der Waals surface area contributed by atoms with Crippen LogP contribution in [-0.4, -0.2) is 64.7 Å². The average molecular weight is 640 g/mol. The van der Waals surface area contributed by atoms with E-state index in [1.807, 2.05) is 17.6 Å². The molecule has 2 heterocycles. The zero-order valence-electron chi connectivity index (χ0n) is 25.4. The number of nitro groups is 1. The van der Waals surface area contributed by atoms with E-state index in [4.69, 9.17) is 11.5 Å². The molecular weight excluding hydrogens is 595 g/mol. The van der Waals surface area contributed by atoms with E-state index in [0.29, 0.717) is 30.0 Å². The monoisotopic (exact) mass is 639 g/mol. The molecule has 3 rings (SSSR count). The molecule has 0 fully saturated rings. The van der Waals surface area contributed by atoms with Crippen LogP contribution in [0, 0.1) is 10.1 Å². The van der Waals surface area contributed by atoms with Crippen LogP contribution in [0.2, 0.25) is 0 Å². The van der Waals surface area contributed by atoms with Crippen LogP contribution in [0.1, 0.15) is 61.4 Å². The number of hydrogen-bond donors (Lipinski definition) is 4. The Balaban J connectivity index is 1.24. The molecule has 13 heteroatoms. The number of nitrogens with one attached hydrogen (secondary N) is 2. The van der Waals surface area contributed by atoms with E-state index in [-0.39, 0.29) is 5.96 Å². The summed E-state index contributed by atoms with van der Waals surface area (Å²) in [6.45, 7) is 3.38. The summed E-state index contributed by atoms with van der Waals surface area (Å²) in [5, 5.41) is 19.8. The van der Waals surface area contributed by atoms with Crippen LogP contribution >= 0.6 is 23.1 Å². The number of pyridine rings is 1. The number of thioether (sulfide) groups is 1. The van der Waals surface area contributed by atoms with Crippen LogP contribution in [0.3, 0.4) is 0 Å². The minimum absolute atomic E-state index is 0.00943. The number of guanidine groups is 1. The summed E-state index contributed by atoms with van der Waals surface area (Å²) in [5.41, 5.74) is 14.1. The van der Waals surface area contributed by atoms with Crippen molar-refractivity contribution >= 4 is 34.2 Å². The fourth-order valence-electron chi connectivity index (χ4n) is 4.69. The van der Waals surface area contributed by atoms with E-state index in [1.54, 1.807) is 11.8 Å². The van der Waals surface area contributed by atoms with Crippen LogP contribution < -0.4 is 22.1 Å². The van der Waals surface area contributed by atoms with Gasteiger partial charge in [-0.3, -0.25) is 15.1 Å². The van der Waals surface area contributed by atoms with Crippen LogP contribution in [0.15, 0.2) is 77.1 Å². The molecule has 2 aromatic heterocycles. The minimum atomic E-state index is -0.433. The standard InChI is InChI=1S/C31H45N9O2S2/c1-39(20-15-27(25-12-6-5-7-13-25)28-14-8-10-16-34-28)19-11-4-2-3-9-17-35-29(22-40(41)42)36-18-21-43-23-26-24-44-31(37-26)38-30(32)33/h5-8,10,12-14,16,22,24,27,35-36H,2-4,9,11,15,17-21,23H2,1H3,(H4,32,33,37,38)/b29-22+. The lowest BCUT2D eigenvalue weighted by Crippen LogP contribution is -2.29. The maximum absolute atomic E-state index is 11.1. The van der Waals surface area contributed by atoms with Gasteiger partial charge in [0, 0.05) is 47.8 Å². The minimum Gasteiger partial charge on any atom is -0.370 e. The summed E-state index contributed by atoms with van der Waals surface area (Å²) in [5.74, 6) is 2.22. The Bertz CT molecular complexity index is 1250. The molecule has 238 valence electrons. The first-order chi connectivity index (χ1) is 21.4. The van der Waals surface area contributed by atoms with Crippen molar-refractivity contribution in [2.75, 3.05) is 39.0 Å². The lowest BCUT2D eigenvalue weighted by molar-refractivity contribution is -0.404. The number of aromatic nitrogens is 2. The second-order valence-corrected chi connectivity index (χ2v) is 12.4. The normalized spacial score (nSPS) is 12.2. The molecule has 6 N–H and O–H groups in total. The Labute approximate surface area is 268 Å². The van der Waals surface area contributed by atoms with Crippen molar-refractivity contribution < 1.29 is 4.92 Å². The highest BCUT2D eigenvalue weighted by Crippen LogP contribution is 2.26. The second-order valence-electron chi connectivity index (χ2n) is 10.5. The molecule has 0 aliphatic rings. The molecule has 0 bridgehead atoms. The molecule has 0 aliphatic heterocycles. The fourth-order valence-corrected chi connectivity index (χ4v) is 6.25. The number of aliphatic imine (C=N–C) groups is 1. The van der Waals surface area contributed by atoms with Gasteiger partial charge < -0.3 is 27.0 Å². The molecule has 44 heavy (non-hydrogen) atoms. The number of nitrogens with zero attached hydrogens (tertiary/aromatic N) is 5. The highest BCUT2D eigenvalue weighted by molar-refractivity contribution is 7.98. The predicted octanol–water partition coefficient (Wildman–Crippen LogP) is 5.04. The van der Waals surface area contributed by atoms with Crippen molar-refractivity contribution in [1.82, 2.24) is 25.5 Å². The largest absolute Gasteiger partial charge is 0.370 e. The van der Waals surface area contributed by atoms with Gasteiger partial charge in [-0.2, -0.15) is 16.8 Å². The molecule has 0 aliphatic carbocycles. The SMILES string of the molecule is CN(CCCCCCCN/C(=C\[N+](=O)[O-])NCCSCc1csc(N=C(N)N)n1)CCC(c1ccccc1)c1ccccn1. The molecular formula is C31H45N9O2S2. The van der Waals surface area contributed by atoms with E-state index in [9.17, 15) is 10.1 Å². The first kappa shape index (κ1) is 34.8. The zero-order valence-corrected chi connectivity index (χ0v) is 27.1. The predicted molar refractivity (Wildman–Crippen MR) is 183 cm³/mol. The van der Waals surface area contributed by atoms with Crippen molar-refractivity contribution in [3.8, 4) is 0 Å². The van der Waals surface area contributed by atoms with Gasteiger partial charge >= 0.3 is 0 Å². The van der Waals surface area contributed by atoms with E-state index in [1.165, 1.54) is 23.3 Å². The van der Waals surface area contributed by atoms with E-state index < -0.39 is 4.92 Å². The van der Waals surface area contributed by atoms with Gasteiger partial charge in [0.2, 0.25) is 5.13 Å². The average Bonchev–Trinajstić information content (AvgIpc) is 3.45. The molecule has 0 saturated heterocycles. The number of hydrogen-bond acceptors (Lipinski definition) is 10. The smallest absolute Gasteiger partial charge is 0.274 e. The maximum atomic E-state index is 11.1. The number of thiazole rings is 1. The van der Waals surface area contributed by atoms with Crippen LogP contribution in [0.4, 0.5) is 5.13 Å². The Hall–Kier alpha value is -3.68. The highest BCUT2D eigenvalue weighted by Gasteiger charge is 2.16. The lowest BCUT2D eigenvalue weighted by atomic mass is 9.92. The van der Waals surface area contributed by atoms with Crippen LogP contribution in [0.25, 0.3) is 0 Å². The van der Waals surface area contributed by atoms with Gasteiger partial charge in [-0.05, 0) is 57.1 Å². The molecule has 11 nitrogen and oxygen atoms in total.